The highest BCUT2D eigenvalue weighted by Gasteiger charge is 2.17. The summed E-state index contributed by atoms with van der Waals surface area (Å²) in [5.41, 5.74) is 1.95. The van der Waals surface area contributed by atoms with Crippen molar-refractivity contribution in [3.8, 4) is 0 Å². The number of halogens is 1. The van der Waals surface area contributed by atoms with Crippen LogP contribution in [0.25, 0.3) is 0 Å². The number of hydrogen-bond acceptors (Lipinski definition) is 7. The van der Waals surface area contributed by atoms with Gasteiger partial charge in [-0.2, -0.15) is 0 Å². The van der Waals surface area contributed by atoms with Crippen molar-refractivity contribution in [1.82, 2.24) is 30.1 Å². The van der Waals surface area contributed by atoms with Gasteiger partial charge in [0.15, 0.2) is 5.13 Å². The molecule has 0 saturated carbocycles. The summed E-state index contributed by atoms with van der Waals surface area (Å²) < 4.78 is 15.2. The molecule has 3 aromatic rings. The third-order valence-electron chi connectivity index (χ3n) is 5.88. The molecular weight excluding hydrogens is 441 g/mol. The lowest BCUT2D eigenvalue weighted by molar-refractivity contribution is -0.120. The van der Waals surface area contributed by atoms with Crippen LogP contribution in [0.2, 0.25) is 0 Å². The van der Waals surface area contributed by atoms with Crippen molar-refractivity contribution in [3.05, 3.63) is 64.9 Å². The molecule has 1 aliphatic rings. The topological polar surface area (TPSA) is 78.3 Å². The van der Waals surface area contributed by atoms with Gasteiger partial charge < -0.3 is 25.0 Å². The first kappa shape index (κ1) is 23.3. The van der Waals surface area contributed by atoms with E-state index in [9.17, 15) is 9.18 Å². The Morgan fingerprint density at radius 1 is 1.15 bits per heavy atom. The fraction of sp³-hybridized carbons (Fsp3) is 0.435. The van der Waals surface area contributed by atoms with Gasteiger partial charge in [0.25, 0.3) is 0 Å². The number of carbonyl (C=O) groups is 1. The van der Waals surface area contributed by atoms with Crippen LogP contribution in [0.3, 0.4) is 0 Å². The number of anilines is 1. The van der Waals surface area contributed by atoms with Gasteiger partial charge in [0, 0.05) is 50.0 Å². The molecule has 0 spiro atoms. The minimum atomic E-state index is -0.252. The summed E-state index contributed by atoms with van der Waals surface area (Å²) in [6, 6.07) is 6.49. The van der Waals surface area contributed by atoms with Gasteiger partial charge >= 0.3 is 0 Å². The normalized spacial score (nSPS) is 15.5. The molecular formula is C23H30FN7OS. The predicted octanol–water partition coefficient (Wildman–Crippen LogP) is 2.25. The number of amides is 1. The second kappa shape index (κ2) is 10.9. The smallest absolute Gasteiger partial charge is 0.234 e. The number of hydrogen-bond donors (Lipinski definition) is 2. The van der Waals surface area contributed by atoms with Crippen LogP contribution in [0.1, 0.15) is 29.1 Å². The molecule has 0 aliphatic carbocycles. The van der Waals surface area contributed by atoms with Crippen LogP contribution in [0.15, 0.2) is 43.0 Å². The number of piperazine rings is 1. The maximum Gasteiger partial charge on any atom is 0.234 e. The summed E-state index contributed by atoms with van der Waals surface area (Å²) in [7, 11) is 2.13. The maximum absolute atomic E-state index is 13.2. The van der Waals surface area contributed by atoms with E-state index in [1.54, 1.807) is 36.0 Å². The minimum absolute atomic E-state index is 0.0135. The van der Waals surface area contributed by atoms with Crippen LogP contribution >= 0.6 is 11.3 Å². The zero-order chi connectivity index (χ0) is 23.2. The summed E-state index contributed by atoms with van der Waals surface area (Å²) in [5.74, 6) is -0.319. The molecule has 10 heteroatoms. The monoisotopic (exact) mass is 471 g/mol. The number of likely N-dealkylation sites (N-methyl/N-ethyl adjacent to an activating group) is 1. The van der Waals surface area contributed by atoms with Crippen molar-refractivity contribution in [2.75, 3.05) is 44.7 Å². The van der Waals surface area contributed by atoms with Gasteiger partial charge in [-0.15, -0.1) is 11.3 Å². The highest BCUT2D eigenvalue weighted by atomic mass is 32.1. The lowest BCUT2D eigenvalue weighted by Gasteiger charge is -2.32. The molecule has 3 heterocycles. The Morgan fingerprint density at radius 3 is 2.67 bits per heavy atom. The quantitative estimate of drug-likeness (QED) is 0.499. The molecule has 176 valence electrons. The van der Waals surface area contributed by atoms with E-state index in [2.05, 4.69) is 37.4 Å². The summed E-state index contributed by atoms with van der Waals surface area (Å²) in [6.45, 7) is 7.28. The lowest BCUT2D eigenvalue weighted by Crippen LogP contribution is -2.44. The summed E-state index contributed by atoms with van der Waals surface area (Å²) >= 11 is 1.63. The van der Waals surface area contributed by atoms with Crippen molar-refractivity contribution < 1.29 is 9.18 Å². The lowest BCUT2D eigenvalue weighted by atomic mass is 10.1. The molecule has 0 bridgehead atoms. The van der Waals surface area contributed by atoms with Crippen LogP contribution in [-0.4, -0.2) is 65.1 Å². The molecule has 2 aromatic heterocycles. The van der Waals surface area contributed by atoms with Crippen LogP contribution in [0.4, 0.5) is 9.52 Å². The third kappa shape index (κ3) is 6.16. The number of aromatic nitrogens is 3. The largest absolute Gasteiger partial charge is 0.350 e. The Labute approximate surface area is 197 Å². The molecule has 1 fully saturated rings. The number of imidazole rings is 1. The van der Waals surface area contributed by atoms with Crippen molar-refractivity contribution >= 4 is 22.4 Å². The first-order valence-electron chi connectivity index (χ1n) is 11.1. The van der Waals surface area contributed by atoms with Gasteiger partial charge in [-0.05, 0) is 31.7 Å². The Bertz CT molecular complexity index is 1040. The van der Waals surface area contributed by atoms with Gasteiger partial charge in [-0.3, -0.25) is 4.79 Å². The molecule has 33 heavy (non-hydrogen) atoms. The second-order valence-electron chi connectivity index (χ2n) is 8.30. The number of rotatable bonds is 9. The van der Waals surface area contributed by atoms with Gasteiger partial charge in [-0.25, -0.2) is 14.4 Å². The van der Waals surface area contributed by atoms with E-state index in [0.717, 1.165) is 47.4 Å². The van der Waals surface area contributed by atoms with E-state index in [-0.39, 0.29) is 24.3 Å². The van der Waals surface area contributed by atoms with Gasteiger partial charge in [0.1, 0.15) is 5.82 Å². The molecule has 0 unspecified atom stereocenters. The fourth-order valence-corrected chi connectivity index (χ4v) is 4.70. The van der Waals surface area contributed by atoms with E-state index < -0.39 is 0 Å². The number of thiazole rings is 1. The Balaban J connectivity index is 1.21. The van der Waals surface area contributed by atoms with Crippen molar-refractivity contribution in [3.63, 3.8) is 0 Å². The minimum Gasteiger partial charge on any atom is -0.350 e. The Kier molecular flexibility index (Phi) is 7.69. The highest BCUT2D eigenvalue weighted by molar-refractivity contribution is 7.15. The van der Waals surface area contributed by atoms with Crippen molar-refractivity contribution in [2.45, 2.75) is 26.1 Å². The fourth-order valence-electron chi connectivity index (χ4n) is 3.79. The van der Waals surface area contributed by atoms with Crippen molar-refractivity contribution in [1.29, 1.82) is 0 Å². The molecule has 2 N–H and O–H groups in total. The van der Waals surface area contributed by atoms with Crippen LogP contribution in [0.5, 0.6) is 0 Å². The highest BCUT2D eigenvalue weighted by Crippen LogP contribution is 2.23. The van der Waals surface area contributed by atoms with Crippen LogP contribution in [0, 0.1) is 5.82 Å². The second-order valence-corrected chi connectivity index (χ2v) is 9.39. The van der Waals surface area contributed by atoms with E-state index in [1.807, 2.05) is 17.7 Å². The average Bonchev–Trinajstić information content (AvgIpc) is 3.48. The SMILES string of the molecule is C[C@H](c1ccc(F)cc1)n1cncc1CNCC(=O)NCc1cnc(N2CCN(C)CC2)s1. The van der Waals surface area contributed by atoms with Gasteiger partial charge in [0.05, 0.1) is 31.2 Å². The third-order valence-corrected chi connectivity index (χ3v) is 6.94. The first-order valence-corrected chi connectivity index (χ1v) is 11.9. The first-order chi connectivity index (χ1) is 16.0. The Morgan fingerprint density at radius 2 is 1.91 bits per heavy atom. The van der Waals surface area contributed by atoms with Crippen LogP contribution in [-0.2, 0) is 17.9 Å². The van der Waals surface area contributed by atoms with E-state index >= 15 is 0 Å². The van der Waals surface area contributed by atoms with E-state index in [1.165, 1.54) is 12.1 Å². The molecule has 1 amide bonds. The number of carbonyl (C=O) groups excluding carboxylic acids is 1. The molecule has 0 radical (unpaired) electrons. The summed E-state index contributed by atoms with van der Waals surface area (Å²) in [4.78, 5) is 26.7. The summed E-state index contributed by atoms with van der Waals surface area (Å²) in [6.07, 6.45) is 5.39. The zero-order valence-corrected chi connectivity index (χ0v) is 19.8. The van der Waals surface area contributed by atoms with E-state index in [4.69, 9.17) is 0 Å². The predicted molar refractivity (Wildman–Crippen MR) is 128 cm³/mol. The van der Waals surface area contributed by atoms with Crippen LogP contribution < -0.4 is 15.5 Å². The van der Waals surface area contributed by atoms with Gasteiger partial charge in [0.2, 0.25) is 5.91 Å². The molecule has 1 aromatic carbocycles. The zero-order valence-electron chi connectivity index (χ0n) is 19.0. The van der Waals surface area contributed by atoms with E-state index in [0.29, 0.717) is 13.1 Å². The molecule has 8 nitrogen and oxygen atoms in total. The molecule has 1 aliphatic heterocycles. The number of nitrogens with zero attached hydrogens (tertiary/aromatic N) is 5. The van der Waals surface area contributed by atoms with Gasteiger partial charge in [-0.1, -0.05) is 12.1 Å². The standard InChI is InChI=1S/C23H30FN7OS/c1-17(18-3-5-19(24)6-4-18)31-16-26-12-20(31)11-25-15-22(32)27-13-21-14-28-23(33-21)30-9-7-29(2)8-10-30/h3-6,12,14,16-17,25H,7-11,13,15H2,1-2H3,(H,27,32)/t17-/m1/s1. The average molecular weight is 472 g/mol. The number of nitrogens with one attached hydrogen (secondary N) is 2. The summed E-state index contributed by atoms with van der Waals surface area (Å²) in [5, 5.41) is 7.16. The Hall–Kier alpha value is -2.82. The molecule has 4 rings (SSSR count). The maximum atomic E-state index is 13.2. The molecule has 1 atom stereocenters. The molecule has 1 saturated heterocycles. The number of benzene rings is 1. The van der Waals surface area contributed by atoms with Crippen molar-refractivity contribution in [2.24, 2.45) is 0 Å².